The van der Waals surface area contributed by atoms with Crippen molar-refractivity contribution >= 4 is 39.1 Å². The highest BCUT2D eigenvalue weighted by Crippen LogP contribution is 2.35. The monoisotopic (exact) mass is 347 g/mol. The van der Waals surface area contributed by atoms with E-state index in [1.807, 2.05) is 0 Å². The molecule has 2 aromatic rings. The zero-order valence-corrected chi connectivity index (χ0v) is 12.1. The van der Waals surface area contributed by atoms with Gasteiger partial charge in [0.05, 0.1) is 15.7 Å². The third-order valence-corrected chi connectivity index (χ3v) is 3.59. The van der Waals surface area contributed by atoms with Crippen LogP contribution in [0.5, 0.6) is 11.6 Å². The summed E-state index contributed by atoms with van der Waals surface area (Å²) in [6.07, 6.45) is 0. The lowest BCUT2D eigenvalue weighted by molar-refractivity contribution is 0.454. The SMILES string of the molecule is NCc1ccc(Oc2cc(Cl)c(Br)cc2Cl)nn1. The van der Waals surface area contributed by atoms with Gasteiger partial charge in [-0.25, -0.2) is 0 Å². The second-order valence-corrected chi connectivity index (χ2v) is 5.03. The van der Waals surface area contributed by atoms with E-state index in [9.17, 15) is 0 Å². The van der Waals surface area contributed by atoms with E-state index in [0.717, 1.165) is 0 Å². The highest BCUT2D eigenvalue weighted by molar-refractivity contribution is 9.10. The van der Waals surface area contributed by atoms with Gasteiger partial charge in [0.15, 0.2) is 0 Å². The van der Waals surface area contributed by atoms with Crippen LogP contribution in [0.3, 0.4) is 0 Å². The number of ether oxygens (including phenoxy) is 1. The summed E-state index contributed by atoms with van der Waals surface area (Å²) in [5, 5.41) is 8.68. The first kappa shape index (κ1) is 13.5. The molecule has 1 aromatic carbocycles. The molecule has 0 atom stereocenters. The van der Waals surface area contributed by atoms with E-state index in [4.69, 9.17) is 33.7 Å². The third kappa shape index (κ3) is 3.11. The first-order valence-corrected chi connectivity index (χ1v) is 6.50. The van der Waals surface area contributed by atoms with Crippen LogP contribution in [-0.4, -0.2) is 10.2 Å². The van der Waals surface area contributed by atoms with Gasteiger partial charge in [0.25, 0.3) is 0 Å². The summed E-state index contributed by atoms with van der Waals surface area (Å²) in [5.74, 6) is 0.743. The van der Waals surface area contributed by atoms with Crippen molar-refractivity contribution in [3.05, 3.63) is 44.5 Å². The van der Waals surface area contributed by atoms with E-state index in [0.29, 0.717) is 38.4 Å². The lowest BCUT2D eigenvalue weighted by Crippen LogP contribution is -2.01. The van der Waals surface area contributed by atoms with Gasteiger partial charge in [-0.1, -0.05) is 23.2 Å². The first-order valence-electron chi connectivity index (χ1n) is 4.95. The van der Waals surface area contributed by atoms with Gasteiger partial charge in [-0.3, -0.25) is 0 Å². The van der Waals surface area contributed by atoms with Crippen LogP contribution in [0.25, 0.3) is 0 Å². The maximum Gasteiger partial charge on any atom is 0.238 e. The number of nitrogens with two attached hydrogens (primary N) is 1. The van der Waals surface area contributed by atoms with Crippen molar-refractivity contribution in [2.45, 2.75) is 6.54 Å². The third-order valence-electron chi connectivity index (χ3n) is 2.09. The van der Waals surface area contributed by atoms with E-state index in [1.165, 1.54) is 0 Å². The molecular weight excluding hydrogens is 341 g/mol. The minimum absolute atomic E-state index is 0.326. The molecule has 0 saturated carbocycles. The number of aromatic nitrogens is 2. The summed E-state index contributed by atoms with van der Waals surface area (Å²) in [6.45, 7) is 0.331. The second kappa shape index (κ2) is 5.84. The molecule has 0 radical (unpaired) electrons. The Morgan fingerprint density at radius 1 is 1.17 bits per heavy atom. The molecule has 94 valence electrons. The van der Waals surface area contributed by atoms with Gasteiger partial charge in [-0.15, -0.1) is 5.10 Å². The van der Waals surface area contributed by atoms with Crippen LogP contribution < -0.4 is 10.5 Å². The van der Waals surface area contributed by atoms with E-state index in [-0.39, 0.29) is 0 Å². The average Bonchev–Trinajstić information content (AvgIpc) is 2.37. The molecule has 2 rings (SSSR count). The molecule has 18 heavy (non-hydrogen) atoms. The summed E-state index contributed by atoms with van der Waals surface area (Å²) in [6, 6.07) is 6.66. The zero-order valence-electron chi connectivity index (χ0n) is 9.03. The lowest BCUT2D eigenvalue weighted by atomic mass is 10.3. The van der Waals surface area contributed by atoms with E-state index >= 15 is 0 Å². The summed E-state index contributed by atoms with van der Waals surface area (Å²) < 4.78 is 6.19. The van der Waals surface area contributed by atoms with Gasteiger partial charge in [-0.05, 0) is 28.1 Å². The predicted octanol–water partition coefficient (Wildman–Crippen LogP) is 3.80. The molecular formula is C11H8BrCl2N3O. The molecule has 0 amide bonds. The van der Waals surface area contributed by atoms with Gasteiger partial charge < -0.3 is 10.5 Å². The summed E-state index contributed by atoms with van der Waals surface area (Å²) in [5.41, 5.74) is 6.11. The van der Waals surface area contributed by atoms with Crippen LogP contribution in [-0.2, 0) is 6.54 Å². The zero-order chi connectivity index (χ0) is 13.1. The molecule has 0 bridgehead atoms. The van der Waals surface area contributed by atoms with Crippen molar-refractivity contribution in [2.75, 3.05) is 0 Å². The van der Waals surface area contributed by atoms with Gasteiger partial charge in [0.1, 0.15) is 5.75 Å². The molecule has 0 saturated heterocycles. The highest BCUT2D eigenvalue weighted by Gasteiger charge is 2.08. The van der Waals surface area contributed by atoms with Gasteiger partial charge >= 0.3 is 0 Å². The standard InChI is InChI=1S/C11H8BrCl2N3O/c12-7-3-9(14)10(4-8(7)13)18-11-2-1-6(5-15)16-17-11/h1-4H,5,15H2. The smallest absolute Gasteiger partial charge is 0.238 e. The van der Waals surface area contributed by atoms with Crippen LogP contribution >= 0.6 is 39.1 Å². The van der Waals surface area contributed by atoms with Crippen molar-refractivity contribution in [1.82, 2.24) is 10.2 Å². The lowest BCUT2D eigenvalue weighted by Gasteiger charge is -2.07. The molecule has 0 spiro atoms. The summed E-state index contributed by atoms with van der Waals surface area (Å²) in [4.78, 5) is 0. The van der Waals surface area contributed by atoms with Crippen molar-refractivity contribution in [2.24, 2.45) is 5.73 Å². The Morgan fingerprint density at radius 3 is 2.56 bits per heavy atom. The number of hydrogen-bond donors (Lipinski definition) is 1. The van der Waals surface area contributed by atoms with Gasteiger partial charge in [-0.2, -0.15) is 5.10 Å². The Hall–Kier alpha value is -0.880. The quantitative estimate of drug-likeness (QED) is 0.857. The van der Waals surface area contributed by atoms with E-state index in [1.54, 1.807) is 24.3 Å². The Balaban J connectivity index is 2.25. The molecule has 7 heteroatoms. The molecule has 1 aromatic heterocycles. The normalized spacial score (nSPS) is 10.4. The summed E-state index contributed by atoms with van der Waals surface area (Å²) in [7, 11) is 0. The molecule has 0 fully saturated rings. The number of halogens is 3. The van der Waals surface area contributed by atoms with Crippen LogP contribution in [0, 0.1) is 0 Å². The van der Waals surface area contributed by atoms with Crippen LogP contribution in [0.1, 0.15) is 5.69 Å². The maximum absolute atomic E-state index is 6.03. The van der Waals surface area contributed by atoms with Crippen LogP contribution in [0.4, 0.5) is 0 Å². The van der Waals surface area contributed by atoms with Gasteiger partial charge in [0, 0.05) is 23.2 Å². The van der Waals surface area contributed by atoms with Gasteiger partial charge in [0.2, 0.25) is 5.88 Å². The van der Waals surface area contributed by atoms with Crippen molar-refractivity contribution in [3.63, 3.8) is 0 Å². The Morgan fingerprint density at radius 2 is 1.94 bits per heavy atom. The van der Waals surface area contributed by atoms with E-state index < -0.39 is 0 Å². The Labute approximate surface area is 122 Å². The minimum atomic E-state index is 0.326. The fourth-order valence-corrected chi connectivity index (χ4v) is 2.04. The number of benzene rings is 1. The van der Waals surface area contributed by atoms with Crippen LogP contribution in [0.15, 0.2) is 28.7 Å². The molecule has 2 N–H and O–H groups in total. The van der Waals surface area contributed by atoms with E-state index in [2.05, 4.69) is 26.1 Å². The summed E-state index contributed by atoms with van der Waals surface area (Å²) >= 11 is 15.3. The first-order chi connectivity index (χ1) is 8.60. The minimum Gasteiger partial charge on any atom is -0.436 e. The predicted molar refractivity (Wildman–Crippen MR) is 74.2 cm³/mol. The fourth-order valence-electron chi connectivity index (χ4n) is 1.21. The van der Waals surface area contributed by atoms with Crippen molar-refractivity contribution in [3.8, 4) is 11.6 Å². The molecule has 4 nitrogen and oxygen atoms in total. The second-order valence-electron chi connectivity index (χ2n) is 3.37. The molecule has 0 unspecified atom stereocenters. The number of hydrogen-bond acceptors (Lipinski definition) is 4. The van der Waals surface area contributed by atoms with Crippen molar-refractivity contribution < 1.29 is 4.74 Å². The Bertz CT molecular complexity index is 563. The topological polar surface area (TPSA) is 61.0 Å². The fraction of sp³-hybridized carbons (Fsp3) is 0.0909. The maximum atomic E-state index is 6.03. The molecule has 0 aliphatic heterocycles. The molecule has 1 heterocycles. The highest BCUT2D eigenvalue weighted by atomic mass is 79.9. The van der Waals surface area contributed by atoms with Crippen LogP contribution in [0.2, 0.25) is 10.0 Å². The van der Waals surface area contributed by atoms with Crippen molar-refractivity contribution in [1.29, 1.82) is 0 Å². The largest absolute Gasteiger partial charge is 0.436 e. The Kier molecular flexibility index (Phi) is 4.40. The average molecular weight is 349 g/mol. The molecule has 0 aliphatic carbocycles. The molecule has 0 aliphatic rings. The number of nitrogens with zero attached hydrogens (tertiary/aromatic N) is 2. The number of rotatable bonds is 3.